The Bertz CT molecular complexity index is 840. The van der Waals surface area contributed by atoms with Crippen LogP contribution < -0.4 is 4.74 Å². The van der Waals surface area contributed by atoms with E-state index < -0.39 is 5.97 Å². The number of carboxylic acid groups (broad SMARTS) is 1. The first-order valence-electron chi connectivity index (χ1n) is 9.42. The molecule has 2 aromatic rings. The number of benzene rings is 1. The Morgan fingerprint density at radius 2 is 2.21 bits per heavy atom. The molecule has 1 aliphatic rings. The second kappa shape index (κ2) is 11.2. The number of ether oxygens (including phenoxy) is 1. The zero-order chi connectivity index (χ0) is 19.9. The maximum absolute atomic E-state index is 11.2. The Hall–Kier alpha value is -2.09. The third-order valence-corrected chi connectivity index (χ3v) is 5.95. The van der Waals surface area contributed by atoms with Gasteiger partial charge in [0.1, 0.15) is 18.1 Å². The number of likely N-dealkylation sites (tertiary alicyclic amines) is 1. The van der Waals surface area contributed by atoms with Gasteiger partial charge >= 0.3 is 5.97 Å². The first kappa shape index (κ1) is 23.2. The highest BCUT2D eigenvalue weighted by Gasteiger charge is 2.25. The van der Waals surface area contributed by atoms with Crippen molar-refractivity contribution in [3.05, 3.63) is 51.7 Å². The number of thiophene rings is 1. The number of carbonyl (C=O) groups is 1. The highest BCUT2D eigenvalue weighted by molar-refractivity contribution is 7.12. The Morgan fingerprint density at radius 1 is 1.38 bits per heavy atom. The van der Waals surface area contributed by atoms with E-state index in [1.54, 1.807) is 18.4 Å². The van der Waals surface area contributed by atoms with Crippen LogP contribution in [0.5, 0.6) is 5.75 Å². The largest absolute Gasteiger partial charge is 0.497 e. The summed E-state index contributed by atoms with van der Waals surface area (Å²) >= 11 is 1.63. The SMILES string of the molecule is COc1cccc(C(=NOCCN2CCCC(C(=O)O)C2)c2sccc2C)c1.Cl. The fourth-order valence-electron chi connectivity index (χ4n) is 3.35. The van der Waals surface area contributed by atoms with E-state index in [9.17, 15) is 9.90 Å². The molecule has 0 bridgehead atoms. The number of halogens is 1. The van der Waals surface area contributed by atoms with Crippen LogP contribution in [0.1, 0.15) is 28.8 Å². The molecule has 1 aromatic carbocycles. The van der Waals surface area contributed by atoms with Crippen LogP contribution in [-0.4, -0.2) is 55.0 Å². The van der Waals surface area contributed by atoms with Crippen LogP contribution in [0.2, 0.25) is 0 Å². The standard InChI is InChI=1S/C21H26N2O4S.ClH/c1-15-8-12-28-20(15)19(16-5-3-7-18(13-16)26-2)22-27-11-10-23-9-4-6-17(14-23)21(24)25;/h3,5,7-8,12-13,17H,4,6,9-11,14H2,1-2H3,(H,24,25);1H. The summed E-state index contributed by atoms with van der Waals surface area (Å²) in [7, 11) is 1.64. The lowest BCUT2D eigenvalue weighted by molar-refractivity contribution is -0.143. The Balaban J connectivity index is 0.00000300. The van der Waals surface area contributed by atoms with Crippen LogP contribution in [0.4, 0.5) is 0 Å². The van der Waals surface area contributed by atoms with E-state index in [4.69, 9.17) is 9.57 Å². The second-order valence-electron chi connectivity index (χ2n) is 6.92. The summed E-state index contributed by atoms with van der Waals surface area (Å²) in [6.45, 7) is 4.63. The number of carboxylic acids is 1. The van der Waals surface area contributed by atoms with Crippen molar-refractivity contribution in [1.29, 1.82) is 0 Å². The average molecular weight is 439 g/mol. The Morgan fingerprint density at radius 3 is 2.90 bits per heavy atom. The summed E-state index contributed by atoms with van der Waals surface area (Å²) in [6, 6.07) is 9.84. The molecule has 1 unspecified atom stereocenters. The number of aliphatic carboxylic acids is 1. The molecule has 2 heterocycles. The minimum Gasteiger partial charge on any atom is -0.497 e. The number of aryl methyl sites for hydroxylation is 1. The third kappa shape index (κ3) is 6.19. The van der Waals surface area contributed by atoms with Crippen LogP contribution in [0.25, 0.3) is 0 Å². The van der Waals surface area contributed by atoms with Gasteiger partial charge in [0.2, 0.25) is 0 Å². The minimum atomic E-state index is -0.711. The summed E-state index contributed by atoms with van der Waals surface area (Å²) < 4.78 is 5.34. The van der Waals surface area contributed by atoms with E-state index in [0.717, 1.165) is 46.9 Å². The van der Waals surface area contributed by atoms with Crippen molar-refractivity contribution in [3.63, 3.8) is 0 Å². The monoisotopic (exact) mass is 438 g/mol. The number of oxime groups is 1. The van der Waals surface area contributed by atoms with Crippen LogP contribution in [0, 0.1) is 12.8 Å². The van der Waals surface area contributed by atoms with E-state index in [1.807, 2.05) is 29.6 Å². The van der Waals surface area contributed by atoms with Gasteiger partial charge in [-0.2, -0.15) is 0 Å². The highest BCUT2D eigenvalue weighted by Crippen LogP contribution is 2.23. The number of methoxy groups -OCH3 is 1. The number of hydrogen-bond acceptors (Lipinski definition) is 6. The zero-order valence-electron chi connectivity index (χ0n) is 16.7. The van der Waals surface area contributed by atoms with Gasteiger partial charge in [0.15, 0.2) is 0 Å². The topological polar surface area (TPSA) is 71.4 Å². The Kier molecular flexibility index (Phi) is 8.95. The van der Waals surface area contributed by atoms with Crippen molar-refractivity contribution >= 4 is 35.4 Å². The van der Waals surface area contributed by atoms with E-state index >= 15 is 0 Å². The summed E-state index contributed by atoms with van der Waals surface area (Å²) in [5.41, 5.74) is 2.87. The van der Waals surface area contributed by atoms with Crippen molar-refractivity contribution < 1.29 is 19.5 Å². The van der Waals surface area contributed by atoms with E-state index in [1.165, 1.54) is 0 Å². The summed E-state index contributed by atoms with van der Waals surface area (Å²) in [6.07, 6.45) is 1.66. The quantitative estimate of drug-likeness (QED) is 0.382. The molecule has 29 heavy (non-hydrogen) atoms. The van der Waals surface area contributed by atoms with Gasteiger partial charge in [-0.1, -0.05) is 17.3 Å². The molecule has 1 aliphatic heterocycles. The molecule has 0 saturated carbocycles. The molecule has 158 valence electrons. The smallest absolute Gasteiger partial charge is 0.307 e. The van der Waals surface area contributed by atoms with E-state index in [-0.39, 0.29) is 18.3 Å². The molecule has 0 spiro atoms. The van der Waals surface area contributed by atoms with Gasteiger partial charge < -0.3 is 14.7 Å². The lowest BCUT2D eigenvalue weighted by Gasteiger charge is -2.29. The summed E-state index contributed by atoms with van der Waals surface area (Å²) in [5.74, 6) is -0.220. The first-order chi connectivity index (χ1) is 13.6. The van der Waals surface area contributed by atoms with Gasteiger partial charge in [-0.15, -0.1) is 23.7 Å². The van der Waals surface area contributed by atoms with Gasteiger partial charge in [-0.25, -0.2) is 0 Å². The van der Waals surface area contributed by atoms with Crippen molar-refractivity contribution in [2.75, 3.05) is 33.4 Å². The first-order valence-corrected chi connectivity index (χ1v) is 10.3. The van der Waals surface area contributed by atoms with Crippen molar-refractivity contribution in [3.8, 4) is 5.75 Å². The molecule has 1 saturated heterocycles. The average Bonchev–Trinajstić information content (AvgIpc) is 3.14. The molecule has 0 aliphatic carbocycles. The molecule has 1 fully saturated rings. The van der Waals surface area contributed by atoms with Crippen molar-refractivity contribution in [2.45, 2.75) is 19.8 Å². The van der Waals surface area contributed by atoms with Gasteiger partial charge in [-0.3, -0.25) is 9.69 Å². The normalized spacial score (nSPS) is 17.4. The molecular formula is C21H27ClN2O4S. The lowest BCUT2D eigenvalue weighted by Crippen LogP contribution is -2.40. The number of piperidine rings is 1. The second-order valence-corrected chi connectivity index (χ2v) is 7.83. The van der Waals surface area contributed by atoms with Gasteiger partial charge in [0.05, 0.1) is 17.9 Å². The third-order valence-electron chi connectivity index (χ3n) is 4.93. The van der Waals surface area contributed by atoms with Crippen molar-refractivity contribution in [2.24, 2.45) is 11.1 Å². The molecule has 0 radical (unpaired) electrons. The fraction of sp³-hybridized carbons (Fsp3) is 0.429. The van der Waals surface area contributed by atoms with E-state index in [2.05, 4.69) is 23.0 Å². The zero-order valence-corrected chi connectivity index (χ0v) is 18.3. The predicted octanol–water partition coefficient (Wildman–Crippen LogP) is 4.05. The summed E-state index contributed by atoms with van der Waals surface area (Å²) in [5, 5.41) is 15.7. The molecular weight excluding hydrogens is 412 g/mol. The highest BCUT2D eigenvalue weighted by atomic mass is 35.5. The molecule has 1 aromatic heterocycles. The van der Waals surface area contributed by atoms with Crippen LogP contribution in [0.3, 0.4) is 0 Å². The molecule has 6 nitrogen and oxygen atoms in total. The maximum atomic E-state index is 11.2. The number of rotatable bonds is 8. The number of nitrogens with zero attached hydrogens (tertiary/aromatic N) is 2. The van der Waals surface area contributed by atoms with Gasteiger partial charge in [0, 0.05) is 18.7 Å². The van der Waals surface area contributed by atoms with Gasteiger partial charge in [-0.05, 0) is 55.5 Å². The van der Waals surface area contributed by atoms with Crippen LogP contribution in [-0.2, 0) is 9.63 Å². The van der Waals surface area contributed by atoms with Crippen LogP contribution >= 0.6 is 23.7 Å². The molecule has 1 atom stereocenters. The van der Waals surface area contributed by atoms with Crippen molar-refractivity contribution in [1.82, 2.24) is 4.90 Å². The maximum Gasteiger partial charge on any atom is 0.307 e. The van der Waals surface area contributed by atoms with Gasteiger partial charge in [0.25, 0.3) is 0 Å². The fourth-order valence-corrected chi connectivity index (χ4v) is 4.28. The predicted molar refractivity (Wildman–Crippen MR) is 118 cm³/mol. The molecule has 1 N–H and O–H groups in total. The Labute approximate surface area is 181 Å². The summed E-state index contributed by atoms with van der Waals surface area (Å²) in [4.78, 5) is 20.1. The lowest BCUT2D eigenvalue weighted by atomic mass is 9.98. The number of hydrogen-bond donors (Lipinski definition) is 1. The molecule has 8 heteroatoms. The van der Waals surface area contributed by atoms with Crippen LogP contribution in [0.15, 0.2) is 40.9 Å². The minimum absolute atomic E-state index is 0. The van der Waals surface area contributed by atoms with E-state index in [0.29, 0.717) is 19.7 Å². The molecule has 0 amide bonds. The molecule has 3 rings (SSSR count).